The number of nitrogens with zero attached hydrogens (tertiary/aromatic N) is 2. The molecule has 1 unspecified atom stereocenters. The molecule has 4 rings (SSSR count). The van der Waals surface area contributed by atoms with E-state index in [1.54, 1.807) is 6.20 Å². The quantitative estimate of drug-likeness (QED) is 0.801. The van der Waals surface area contributed by atoms with Gasteiger partial charge >= 0.3 is 5.97 Å². The van der Waals surface area contributed by atoms with Crippen molar-refractivity contribution in [3.05, 3.63) is 66.5 Å². The highest BCUT2D eigenvalue weighted by Crippen LogP contribution is 2.59. The van der Waals surface area contributed by atoms with Crippen LogP contribution in [0.4, 0.5) is 0 Å². The summed E-state index contributed by atoms with van der Waals surface area (Å²) in [6.45, 7) is 0. The van der Waals surface area contributed by atoms with Gasteiger partial charge in [-0.15, -0.1) is 0 Å². The SMILES string of the molecule is COC(=O)[C@H]1[C@H](c2ccc(-c3nccn3C)cc2)[C@H]1C1C=CC=CC1. The normalized spacial score (nSPS) is 27.3. The van der Waals surface area contributed by atoms with Crippen molar-refractivity contribution in [3.8, 4) is 11.4 Å². The lowest BCUT2D eigenvalue weighted by Crippen LogP contribution is -2.09. The van der Waals surface area contributed by atoms with E-state index in [9.17, 15) is 4.79 Å². The summed E-state index contributed by atoms with van der Waals surface area (Å²) in [6.07, 6.45) is 13.3. The summed E-state index contributed by atoms with van der Waals surface area (Å²) in [7, 11) is 3.47. The molecule has 0 aliphatic heterocycles. The topological polar surface area (TPSA) is 44.1 Å². The highest BCUT2D eigenvalue weighted by Gasteiger charge is 2.58. The number of benzene rings is 1. The van der Waals surface area contributed by atoms with Gasteiger partial charge in [-0.3, -0.25) is 4.79 Å². The van der Waals surface area contributed by atoms with E-state index in [1.807, 2.05) is 17.8 Å². The minimum atomic E-state index is -0.0915. The summed E-state index contributed by atoms with van der Waals surface area (Å²) >= 11 is 0. The van der Waals surface area contributed by atoms with Crippen molar-refractivity contribution < 1.29 is 9.53 Å². The van der Waals surface area contributed by atoms with E-state index < -0.39 is 0 Å². The van der Waals surface area contributed by atoms with Gasteiger partial charge < -0.3 is 9.30 Å². The van der Waals surface area contributed by atoms with Crippen LogP contribution in [0, 0.1) is 17.8 Å². The minimum absolute atomic E-state index is 0.0369. The van der Waals surface area contributed by atoms with Crippen molar-refractivity contribution in [2.75, 3.05) is 7.11 Å². The van der Waals surface area contributed by atoms with Crippen LogP contribution in [-0.4, -0.2) is 22.6 Å². The maximum Gasteiger partial charge on any atom is 0.309 e. The molecule has 1 heterocycles. The van der Waals surface area contributed by atoms with Crippen LogP contribution in [0.5, 0.6) is 0 Å². The van der Waals surface area contributed by atoms with E-state index in [4.69, 9.17) is 4.74 Å². The summed E-state index contributed by atoms with van der Waals surface area (Å²) in [4.78, 5) is 16.6. The van der Waals surface area contributed by atoms with Crippen LogP contribution in [0.3, 0.4) is 0 Å². The summed E-state index contributed by atoms with van der Waals surface area (Å²) in [6, 6.07) is 8.45. The Balaban J connectivity index is 1.59. The number of aromatic nitrogens is 2. The highest BCUT2D eigenvalue weighted by atomic mass is 16.5. The predicted octanol–water partition coefficient (Wildman–Crippen LogP) is 3.72. The van der Waals surface area contributed by atoms with Gasteiger partial charge in [-0.2, -0.15) is 0 Å². The zero-order chi connectivity index (χ0) is 17.4. The number of carbonyl (C=O) groups is 1. The Hall–Kier alpha value is -2.62. The van der Waals surface area contributed by atoms with Crippen molar-refractivity contribution in [2.24, 2.45) is 24.8 Å². The third-order valence-corrected chi connectivity index (χ3v) is 5.43. The first-order valence-corrected chi connectivity index (χ1v) is 8.69. The minimum Gasteiger partial charge on any atom is -0.469 e. The molecule has 0 amide bonds. The van der Waals surface area contributed by atoms with Crippen molar-refractivity contribution >= 4 is 5.97 Å². The molecule has 0 N–H and O–H groups in total. The van der Waals surface area contributed by atoms with Gasteiger partial charge in [0.15, 0.2) is 0 Å². The Morgan fingerprint density at radius 3 is 2.64 bits per heavy atom. The second-order valence-corrected chi connectivity index (χ2v) is 6.85. The number of ether oxygens (including phenoxy) is 1. The number of methoxy groups -OCH3 is 1. The van der Waals surface area contributed by atoms with E-state index in [2.05, 4.69) is 53.6 Å². The molecule has 4 heteroatoms. The number of allylic oxidation sites excluding steroid dienone is 4. The van der Waals surface area contributed by atoms with Crippen LogP contribution >= 0.6 is 0 Å². The van der Waals surface area contributed by atoms with Gasteiger partial charge in [-0.25, -0.2) is 4.98 Å². The van der Waals surface area contributed by atoms with Gasteiger partial charge in [0.1, 0.15) is 5.82 Å². The standard InChI is InChI=1S/C21H22N2O2/c1-23-13-12-22-20(23)16-10-8-15(9-11-16)18-17(19(18)21(24)25-2)14-6-4-3-5-7-14/h3-6,8-14,17-19H,7H2,1-2H3/t14?,17-,18-,19-/m1/s1. The predicted molar refractivity (Wildman–Crippen MR) is 96.8 cm³/mol. The molecular weight excluding hydrogens is 312 g/mol. The Labute approximate surface area is 147 Å². The number of hydrogen-bond donors (Lipinski definition) is 0. The molecule has 1 fully saturated rings. The fourth-order valence-electron chi connectivity index (χ4n) is 4.12. The molecule has 0 saturated heterocycles. The van der Waals surface area contributed by atoms with Crippen LogP contribution in [-0.2, 0) is 16.6 Å². The maximum atomic E-state index is 12.2. The molecule has 128 valence electrons. The Kier molecular flexibility index (Phi) is 4.04. The first-order valence-electron chi connectivity index (χ1n) is 8.69. The number of esters is 1. The molecule has 2 aromatic rings. The van der Waals surface area contributed by atoms with Gasteiger partial charge in [0.05, 0.1) is 13.0 Å². The number of rotatable bonds is 4. The largest absolute Gasteiger partial charge is 0.469 e. The summed E-state index contributed by atoms with van der Waals surface area (Å²) < 4.78 is 7.06. The van der Waals surface area contributed by atoms with Crippen LogP contribution in [0.15, 0.2) is 61.0 Å². The second-order valence-electron chi connectivity index (χ2n) is 6.85. The van der Waals surface area contributed by atoms with Crippen LogP contribution in [0.2, 0.25) is 0 Å². The molecule has 1 saturated carbocycles. The third kappa shape index (κ3) is 2.82. The van der Waals surface area contributed by atoms with Crippen LogP contribution in [0.25, 0.3) is 11.4 Å². The molecule has 0 spiro atoms. The second kappa shape index (κ2) is 6.36. The molecule has 1 aromatic carbocycles. The Morgan fingerprint density at radius 2 is 2.04 bits per heavy atom. The lowest BCUT2D eigenvalue weighted by Gasteiger charge is -2.12. The van der Waals surface area contributed by atoms with Crippen LogP contribution in [0.1, 0.15) is 17.9 Å². The lowest BCUT2D eigenvalue weighted by molar-refractivity contribution is -0.142. The molecule has 1 aromatic heterocycles. The third-order valence-electron chi connectivity index (χ3n) is 5.43. The average molecular weight is 334 g/mol. The average Bonchev–Trinajstić information content (AvgIpc) is 3.27. The first-order chi connectivity index (χ1) is 12.2. The van der Waals surface area contributed by atoms with Gasteiger partial charge in [-0.1, -0.05) is 48.6 Å². The van der Waals surface area contributed by atoms with E-state index in [0.717, 1.165) is 17.8 Å². The van der Waals surface area contributed by atoms with E-state index in [-0.39, 0.29) is 17.8 Å². The zero-order valence-electron chi connectivity index (χ0n) is 14.5. The molecule has 2 aliphatic rings. The molecular formula is C21H22N2O2. The van der Waals surface area contributed by atoms with E-state index in [1.165, 1.54) is 12.7 Å². The van der Waals surface area contributed by atoms with Crippen molar-refractivity contribution in [2.45, 2.75) is 12.3 Å². The van der Waals surface area contributed by atoms with Gasteiger partial charge in [0.25, 0.3) is 0 Å². The number of imidazole rings is 1. The molecule has 0 radical (unpaired) electrons. The lowest BCUT2D eigenvalue weighted by atomic mass is 9.92. The molecule has 4 nitrogen and oxygen atoms in total. The van der Waals surface area contributed by atoms with Gasteiger partial charge in [0.2, 0.25) is 0 Å². The number of aryl methyl sites for hydroxylation is 1. The molecule has 2 aliphatic carbocycles. The molecule has 25 heavy (non-hydrogen) atoms. The van der Waals surface area contributed by atoms with Gasteiger partial charge in [-0.05, 0) is 23.8 Å². The molecule has 0 bridgehead atoms. The summed E-state index contributed by atoms with van der Waals surface area (Å²) in [5.74, 6) is 1.80. The first kappa shape index (κ1) is 15.9. The summed E-state index contributed by atoms with van der Waals surface area (Å²) in [5, 5.41) is 0. The Morgan fingerprint density at radius 1 is 1.24 bits per heavy atom. The van der Waals surface area contributed by atoms with E-state index in [0.29, 0.717) is 11.8 Å². The number of carbonyl (C=O) groups excluding carboxylic acids is 1. The number of hydrogen-bond acceptors (Lipinski definition) is 3. The van der Waals surface area contributed by atoms with Crippen molar-refractivity contribution in [1.29, 1.82) is 0 Å². The monoisotopic (exact) mass is 334 g/mol. The van der Waals surface area contributed by atoms with Crippen molar-refractivity contribution in [3.63, 3.8) is 0 Å². The highest BCUT2D eigenvalue weighted by molar-refractivity contribution is 5.78. The zero-order valence-corrected chi connectivity index (χ0v) is 14.5. The van der Waals surface area contributed by atoms with Crippen molar-refractivity contribution in [1.82, 2.24) is 9.55 Å². The fraction of sp³-hybridized carbons (Fsp3) is 0.333. The maximum absolute atomic E-state index is 12.2. The van der Waals surface area contributed by atoms with Crippen LogP contribution < -0.4 is 0 Å². The summed E-state index contributed by atoms with van der Waals surface area (Å²) in [5.41, 5.74) is 2.30. The van der Waals surface area contributed by atoms with E-state index >= 15 is 0 Å². The smallest absolute Gasteiger partial charge is 0.309 e. The molecule has 4 atom stereocenters. The Bertz CT molecular complexity index is 832. The fourth-order valence-corrected chi connectivity index (χ4v) is 4.12. The van der Waals surface area contributed by atoms with Gasteiger partial charge in [0, 0.05) is 30.9 Å².